The molecule has 3 heteroatoms. The summed E-state index contributed by atoms with van der Waals surface area (Å²) in [5.41, 5.74) is 7.64. The second-order valence-electron chi connectivity index (χ2n) is 3.75. The van der Waals surface area contributed by atoms with Crippen LogP contribution >= 0.6 is 11.8 Å². The third kappa shape index (κ3) is 2.56. The average Bonchev–Trinajstić information content (AvgIpc) is 2.34. The number of ether oxygens (including phenoxy) is 1. The van der Waals surface area contributed by atoms with Crippen molar-refractivity contribution in [2.75, 3.05) is 12.0 Å². The molecule has 2 N–H and O–H groups in total. The van der Waals surface area contributed by atoms with Crippen molar-refractivity contribution in [2.45, 2.75) is 11.8 Å². The maximum absolute atomic E-state index is 5.93. The van der Waals surface area contributed by atoms with E-state index in [1.54, 1.807) is 11.8 Å². The van der Waals surface area contributed by atoms with E-state index >= 15 is 0 Å². The quantitative estimate of drug-likeness (QED) is 0.653. The summed E-state index contributed by atoms with van der Waals surface area (Å²) >= 11 is 1.66. The first kappa shape index (κ1) is 11.9. The van der Waals surface area contributed by atoms with Crippen molar-refractivity contribution in [1.29, 1.82) is 0 Å². The van der Waals surface area contributed by atoms with Crippen LogP contribution in [0, 0.1) is 6.92 Å². The largest absolute Gasteiger partial charge is 0.454 e. The van der Waals surface area contributed by atoms with Crippen LogP contribution in [-0.4, -0.2) is 6.26 Å². The van der Waals surface area contributed by atoms with E-state index in [2.05, 4.69) is 0 Å². The standard InChI is InChI=1S/C14H15NOS/c1-10-6-5-7-11(15)14(10)16-12-8-3-4-9-13(12)17-2/h3-9H,15H2,1-2H3. The third-order valence-corrected chi connectivity index (χ3v) is 3.30. The Balaban J connectivity index is 2.38. The minimum atomic E-state index is 0.668. The molecule has 0 spiro atoms. The maximum atomic E-state index is 5.93. The van der Waals surface area contributed by atoms with Crippen molar-refractivity contribution >= 4 is 17.4 Å². The van der Waals surface area contributed by atoms with Crippen LogP contribution in [0.2, 0.25) is 0 Å². The molecule has 0 aliphatic heterocycles. The molecule has 2 rings (SSSR count). The van der Waals surface area contributed by atoms with Crippen molar-refractivity contribution in [3.63, 3.8) is 0 Å². The van der Waals surface area contributed by atoms with Crippen molar-refractivity contribution in [1.82, 2.24) is 0 Å². The molecule has 0 aromatic heterocycles. The van der Waals surface area contributed by atoms with Gasteiger partial charge in [-0.2, -0.15) is 0 Å². The van der Waals surface area contributed by atoms with Gasteiger partial charge in [0.05, 0.1) is 5.69 Å². The number of nitrogen functional groups attached to an aromatic ring is 1. The molecule has 2 nitrogen and oxygen atoms in total. The van der Waals surface area contributed by atoms with Gasteiger partial charge in [-0.15, -0.1) is 11.8 Å². The van der Waals surface area contributed by atoms with Crippen LogP contribution in [0.3, 0.4) is 0 Å². The lowest BCUT2D eigenvalue weighted by molar-refractivity contribution is 0.470. The zero-order valence-corrected chi connectivity index (χ0v) is 10.8. The molecular weight excluding hydrogens is 230 g/mol. The van der Waals surface area contributed by atoms with E-state index in [-0.39, 0.29) is 0 Å². The molecule has 0 radical (unpaired) electrons. The summed E-state index contributed by atoms with van der Waals surface area (Å²) in [4.78, 5) is 1.11. The van der Waals surface area contributed by atoms with Crippen LogP contribution in [0.15, 0.2) is 47.4 Å². The second kappa shape index (κ2) is 5.15. The van der Waals surface area contributed by atoms with Crippen LogP contribution in [0.4, 0.5) is 5.69 Å². The Morgan fingerprint density at radius 2 is 1.82 bits per heavy atom. The average molecular weight is 245 g/mol. The Hall–Kier alpha value is -1.61. The summed E-state index contributed by atoms with van der Waals surface area (Å²) in [5.74, 6) is 1.59. The Morgan fingerprint density at radius 1 is 1.06 bits per heavy atom. The molecule has 88 valence electrons. The number of para-hydroxylation sites is 2. The fourth-order valence-corrected chi connectivity index (χ4v) is 2.15. The Bertz CT molecular complexity index is 505. The summed E-state index contributed by atoms with van der Waals surface area (Å²) in [6.45, 7) is 1.99. The summed E-state index contributed by atoms with van der Waals surface area (Å²) in [6.07, 6.45) is 2.03. The van der Waals surface area contributed by atoms with Crippen molar-refractivity contribution < 1.29 is 4.74 Å². The summed E-state index contributed by atoms with van der Waals surface area (Å²) in [6, 6.07) is 13.7. The molecule has 2 aromatic carbocycles. The highest BCUT2D eigenvalue weighted by atomic mass is 32.2. The molecule has 0 amide bonds. The monoisotopic (exact) mass is 245 g/mol. The van der Waals surface area contributed by atoms with E-state index in [9.17, 15) is 0 Å². The van der Waals surface area contributed by atoms with Gasteiger partial charge in [-0.3, -0.25) is 0 Å². The van der Waals surface area contributed by atoms with Crippen LogP contribution in [-0.2, 0) is 0 Å². The molecule has 2 aromatic rings. The Morgan fingerprint density at radius 3 is 2.53 bits per heavy atom. The van der Waals surface area contributed by atoms with Crippen molar-refractivity contribution in [2.24, 2.45) is 0 Å². The maximum Gasteiger partial charge on any atom is 0.153 e. The van der Waals surface area contributed by atoms with Gasteiger partial charge >= 0.3 is 0 Å². The van der Waals surface area contributed by atoms with Gasteiger partial charge < -0.3 is 10.5 Å². The number of hydrogen-bond donors (Lipinski definition) is 1. The first-order chi connectivity index (χ1) is 8.22. The summed E-state index contributed by atoms with van der Waals surface area (Å²) < 4.78 is 5.92. The minimum absolute atomic E-state index is 0.668. The summed E-state index contributed by atoms with van der Waals surface area (Å²) in [7, 11) is 0. The lowest BCUT2D eigenvalue weighted by Crippen LogP contribution is -1.95. The van der Waals surface area contributed by atoms with Gasteiger partial charge in [0, 0.05) is 4.90 Å². The zero-order chi connectivity index (χ0) is 12.3. The smallest absolute Gasteiger partial charge is 0.153 e. The van der Waals surface area contributed by atoms with Gasteiger partial charge in [0.15, 0.2) is 5.75 Å². The van der Waals surface area contributed by atoms with Gasteiger partial charge in [-0.1, -0.05) is 24.3 Å². The topological polar surface area (TPSA) is 35.2 Å². The number of benzene rings is 2. The molecule has 17 heavy (non-hydrogen) atoms. The minimum Gasteiger partial charge on any atom is -0.454 e. The molecule has 0 unspecified atom stereocenters. The number of nitrogens with two attached hydrogens (primary N) is 1. The van der Waals surface area contributed by atoms with E-state index in [0.29, 0.717) is 5.69 Å². The predicted octanol–water partition coefficient (Wildman–Crippen LogP) is 4.09. The number of hydrogen-bond acceptors (Lipinski definition) is 3. The van der Waals surface area contributed by atoms with Gasteiger partial charge in [0.25, 0.3) is 0 Å². The lowest BCUT2D eigenvalue weighted by atomic mass is 10.2. The van der Waals surface area contributed by atoms with Crippen LogP contribution < -0.4 is 10.5 Å². The molecule has 0 saturated carbocycles. The number of aryl methyl sites for hydroxylation is 1. The van der Waals surface area contributed by atoms with E-state index < -0.39 is 0 Å². The SMILES string of the molecule is CSc1ccccc1Oc1c(C)cccc1N. The number of anilines is 1. The zero-order valence-electron chi connectivity index (χ0n) is 9.94. The molecule has 0 aliphatic carbocycles. The predicted molar refractivity (Wildman–Crippen MR) is 73.9 cm³/mol. The second-order valence-corrected chi connectivity index (χ2v) is 4.59. The van der Waals surface area contributed by atoms with E-state index in [0.717, 1.165) is 22.0 Å². The van der Waals surface area contributed by atoms with Gasteiger partial charge in [0.1, 0.15) is 5.75 Å². The van der Waals surface area contributed by atoms with E-state index in [1.165, 1.54) is 0 Å². The molecule has 0 aliphatic rings. The van der Waals surface area contributed by atoms with Crippen LogP contribution in [0.5, 0.6) is 11.5 Å². The van der Waals surface area contributed by atoms with Gasteiger partial charge in [0.2, 0.25) is 0 Å². The van der Waals surface area contributed by atoms with Crippen LogP contribution in [0.25, 0.3) is 0 Å². The highest BCUT2D eigenvalue weighted by Gasteiger charge is 2.08. The number of thioether (sulfide) groups is 1. The van der Waals surface area contributed by atoms with Crippen molar-refractivity contribution in [3.05, 3.63) is 48.0 Å². The Labute approximate surface area is 106 Å². The van der Waals surface area contributed by atoms with Gasteiger partial charge in [-0.25, -0.2) is 0 Å². The molecule has 0 atom stereocenters. The molecule has 0 heterocycles. The molecule has 0 saturated heterocycles. The molecule has 0 bridgehead atoms. The normalized spacial score (nSPS) is 10.2. The third-order valence-electron chi connectivity index (χ3n) is 2.52. The van der Waals surface area contributed by atoms with E-state index in [1.807, 2.05) is 55.6 Å². The number of rotatable bonds is 3. The first-order valence-corrected chi connectivity index (χ1v) is 6.61. The van der Waals surface area contributed by atoms with E-state index in [4.69, 9.17) is 10.5 Å². The van der Waals surface area contributed by atoms with Crippen LogP contribution in [0.1, 0.15) is 5.56 Å². The lowest BCUT2D eigenvalue weighted by Gasteiger charge is -2.13. The Kier molecular flexibility index (Phi) is 3.59. The fourth-order valence-electron chi connectivity index (χ4n) is 1.63. The van der Waals surface area contributed by atoms with Gasteiger partial charge in [-0.05, 0) is 36.9 Å². The molecule has 0 fully saturated rings. The molecular formula is C14H15NOS. The highest BCUT2D eigenvalue weighted by Crippen LogP contribution is 2.35. The van der Waals surface area contributed by atoms with Crippen molar-refractivity contribution in [3.8, 4) is 11.5 Å². The summed E-state index contributed by atoms with van der Waals surface area (Å²) in [5, 5.41) is 0. The first-order valence-electron chi connectivity index (χ1n) is 5.38. The fraction of sp³-hybridized carbons (Fsp3) is 0.143. The highest BCUT2D eigenvalue weighted by molar-refractivity contribution is 7.98.